The number of carbonyl (C=O) groups excluding carboxylic acids is 2. The third kappa shape index (κ3) is 4.07. The normalized spacial score (nSPS) is 18.2. The number of hydrogen-bond donors (Lipinski definition) is 3. The quantitative estimate of drug-likeness (QED) is 0.749. The summed E-state index contributed by atoms with van der Waals surface area (Å²) >= 11 is 6.15. The molecule has 1 saturated heterocycles. The molecule has 1 unspecified atom stereocenters. The van der Waals surface area contributed by atoms with Crippen LogP contribution in [0, 0.1) is 5.92 Å². The van der Waals surface area contributed by atoms with Crippen molar-refractivity contribution < 1.29 is 9.59 Å². The van der Waals surface area contributed by atoms with Crippen LogP contribution in [0.5, 0.6) is 0 Å². The maximum atomic E-state index is 12.2. The molecule has 3 rings (SSSR count). The van der Waals surface area contributed by atoms with Gasteiger partial charge in [-0.05, 0) is 37.0 Å². The Morgan fingerprint density at radius 2 is 2.22 bits per heavy atom. The number of amides is 3. The van der Waals surface area contributed by atoms with E-state index in [1.165, 1.54) is 4.90 Å². The molecule has 1 aliphatic heterocycles. The van der Waals surface area contributed by atoms with Gasteiger partial charge in [0, 0.05) is 31.2 Å². The first-order valence-corrected chi connectivity index (χ1v) is 7.83. The Morgan fingerprint density at radius 1 is 1.48 bits per heavy atom. The van der Waals surface area contributed by atoms with Crippen molar-refractivity contribution in [3.05, 3.63) is 28.8 Å². The fraction of sp³-hybridized carbons (Fsp3) is 0.467. The number of nitrogens with zero attached hydrogens (tertiary/aromatic N) is 1. The first kappa shape index (κ1) is 17.8. The van der Waals surface area contributed by atoms with E-state index in [2.05, 4.69) is 10.6 Å². The number of carbonyl (C=O) groups is 2. The number of nitrogens with one attached hydrogen (secondary N) is 2. The average molecular weight is 359 g/mol. The highest BCUT2D eigenvalue weighted by Crippen LogP contribution is 2.31. The lowest BCUT2D eigenvalue weighted by Crippen LogP contribution is -2.38. The number of benzene rings is 1. The van der Waals surface area contributed by atoms with E-state index in [4.69, 9.17) is 17.3 Å². The lowest BCUT2D eigenvalue weighted by molar-refractivity contribution is 0.0950. The van der Waals surface area contributed by atoms with E-state index >= 15 is 0 Å². The second-order valence-corrected chi connectivity index (χ2v) is 6.17. The second-order valence-electron chi connectivity index (χ2n) is 5.76. The van der Waals surface area contributed by atoms with Crippen molar-refractivity contribution in [3.8, 4) is 0 Å². The van der Waals surface area contributed by atoms with Crippen molar-refractivity contribution in [2.45, 2.75) is 18.9 Å². The number of hydrogen-bond acceptors (Lipinski definition) is 3. The maximum Gasteiger partial charge on any atom is 0.322 e. The fourth-order valence-electron chi connectivity index (χ4n) is 2.57. The zero-order valence-electron chi connectivity index (χ0n) is 12.5. The van der Waals surface area contributed by atoms with Crippen LogP contribution in [-0.4, -0.2) is 37.6 Å². The molecule has 0 aromatic heterocycles. The van der Waals surface area contributed by atoms with E-state index in [1.54, 1.807) is 18.2 Å². The van der Waals surface area contributed by atoms with Crippen LogP contribution in [0.3, 0.4) is 0 Å². The Kier molecular flexibility index (Phi) is 5.73. The average Bonchev–Trinajstić information content (AvgIpc) is 3.27. The van der Waals surface area contributed by atoms with Gasteiger partial charge in [0.2, 0.25) is 0 Å². The van der Waals surface area contributed by atoms with Gasteiger partial charge in [-0.15, -0.1) is 12.4 Å². The zero-order valence-corrected chi connectivity index (χ0v) is 14.1. The minimum Gasteiger partial charge on any atom is -0.350 e. The molecule has 1 aliphatic carbocycles. The van der Waals surface area contributed by atoms with Crippen LogP contribution in [0.15, 0.2) is 18.2 Å². The topological polar surface area (TPSA) is 87.5 Å². The number of urea groups is 1. The molecule has 0 bridgehead atoms. The van der Waals surface area contributed by atoms with Gasteiger partial charge in [0.05, 0.1) is 10.7 Å². The lowest BCUT2D eigenvalue weighted by atomic mass is 10.1. The molecule has 1 heterocycles. The van der Waals surface area contributed by atoms with Crippen LogP contribution in [0.4, 0.5) is 10.5 Å². The minimum absolute atomic E-state index is 0. The summed E-state index contributed by atoms with van der Waals surface area (Å²) in [6.07, 6.45) is 2.29. The molecule has 1 atom stereocenters. The van der Waals surface area contributed by atoms with Gasteiger partial charge in [-0.25, -0.2) is 4.79 Å². The minimum atomic E-state index is -0.200. The third-order valence-electron chi connectivity index (χ3n) is 4.08. The van der Waals surface area contributed by atoms with Gasteiger partial charge in [-0.2, -0.15) is 0 Å². The summed E-state index contributed by atoms with van der Waals surface area (Å²) in [4.78, 5) is 25.5. The largest absolute Gasteiger partial charge is 0.350 e. The van der Waals surface area contributed by atoms with Crippen molar-refractivity contribution in [2.24, 2.45) is 11.7 Å². The van der Waals surface area contributed by atoms with Gasteiger partial charge in [0.1, 0.15) is 0 Å². The SMILES string of the molecule is Cl.NC(CNC(=O)c1ccc(Cl)c(N2CCNC2=O)c1)C1CC1. The second kappa shape index (κ2) is 7.38. The van der Waals surface area contributed by atoms with Crippen LogP contribution in [0.2, 0.25) is 5.02 Å². The molecule has 1 aromatic carbocycles. The predicted octanol–water partition coefficient (Wildman–Crippen LogP) is 1.76. The number of rotatable bonds is 5. The Morgan fingerprint density at radius 3 is 2.83 bits per heavy atom. The number of halogens is 2. The lowest BCUT2D eigenvalue weighted by Gasteiger charge is -2.17. The van der Waals surface area contributed by atoms with Gasteiger partial charge >= 0.3 is 6.03 Å². The van der Waals surface area contributed by atoms with Gasteiger partial charge in [0.25, 0.3) is 5.91 Å². The fourth-order valence-corrected chi connectivity index (χ4v) is 2.79. The summed E-state index contributed by atoms with van der Waals surface area (Å²) in [5.74, 6) is 0.336. The van der Waals surface area contributed by atoms with Gasteiger partial charge in [-0.3, -0.25) is 9.69 Å². The predicted molar refractivity (Wildman–Crippen MR) is 92.5 cm³/mol. The molecular weight excluding hydrogens is 339 g/mol. The Hall–Kier alpha value is -1.50. The first-order valence-electron chi connectivity index (χ1n) is 7.45. The van der Waals surface area contributed by atoms with E-state index in [-0.39, 0.29) is 30.4 Å². The molecule has 23 heavy (non-hydrogen) atoms. The molecule has 1 saturated carbocycles. The Balaban J connectivity index is 0.00000192. The monoisotopic (exact) mass is 358 g/mol. The number of anilines is 1. The van der Waals surface area contributed by atoms with Crippen molar-refractivity contribution in [1.82, 2.24) is 10.6 Å². The molecule has 0 spiro atoms. The Labute approximate surface area is 146 Å². The molecule has 6 nitrogen and oxygen atoms in total. The highest BCUT2D eigenvalue weighted by molar-refractivity contribution is 6.34. The van der Waals surface area contributed by atoms with Gasteiger partial charge < -0.3 is 16.4 Å². The van der Waals surface area contributed by atoms with Gasteiger partial charge in [0.15, 0.2) is 0 Å². The Bertz CT molecular complexity index is 607. The van der Waals surface area contributed by atoms with E-state index in [0.29, 0.717) is 41.8 Å². The molecule has 1 aromatic rings. The van der Waals surface area contributed by atoms with Gasteiger partial charge in [-0.1, -0.05) is 11.6 Å². The molecule has 0 radical (unpaired) electrons. The van der Waals surface area contributed by atoms with Crippen LogP contribution in [0.25, 0.3) is 0 Å². The maximum absolute atomic E-state index is 12.2. The highest BCUT2D eigenvalue weighted by atomic mass is 35.5. The zero-order chi connectivity index (χ0) is 15.7. The van der Waals surface area contributed by atoms with Crippen LogP contribution < -0.4 is 21.3 Å². The van der Waals surface area contributed by atoms with Crippen LogP contribution in [-0.2, 0) is 0 Å². The van der Waals surface area contributed by atoms with Crippen molar-refractivity contribution in [1.29, 1.82) is 0 Å². The first-order chi connectivity index (χ1) is 10.6. The smallest absolute Gasteiger partial charge is 0.322 e. The third-order valence-corrected chi connectivity index (χ3v) is 4.40. The van der Waals surface area contributed by atoms with Crippen molar-refractivity contribution in [2.75, 3.05) is 24.5 Å². The molecule has 126 valence electrons. The van der Waals surface area contributed by atoms with Crippen LogP contribution >= 0.6 is 24.0 Å². The highest BCUT2D eigenvalue weighted by Gasteiger charge is 2.29. The molecule has 8 heteroatoms. The molecular formula is C15H20Cl2N4O2. The summed E-state index contributed by atoms with van der Waals surface area (Å²) in [7, 11) is 0. The molecule has 3 amide bonds. The standard InChI is InChI=1S/C15H19ClN4O2.ClH/c16-11-4-3-10(7-13(11)20-6-5-18-15(20)22)14(21)19-8-12(17)9-1-2-9;/h3-4,7,9,12H,1-2,5-6,8,17H2,(H,18,22)(H,19,21);1H. The van der Waals surface area contributed by atoms with E-state index in [9.17, 15) is 9.59 Å². The summed E-state index contributed by atoms with van der Waals surface area (Å²) in [5, 5.41) is 6.00. The van der Waals surface area contributed by atoms with E-state index < -0.39 is 0 Å². The summed E-state index contributed by atoms with van der Waals surface area (Å²) < 4.78 is 0. The summed E-state index contributed by atoms with van der Waals surface area (Å²) in [5.41, 5.74) is 7.01. The molecule has 2 fully saturated rings. The van der Waals surface area contributed by atoms with Crippen molar-refractivity contribution in [3.63, 3.8) is 0 Å². The van der Waals surface area contributed by atoms with Crippen LogP contribution in [0.1, 0.15) is 23.2 Å². The van der Waals surface area contributed by atoms with Crippen molar-refractivity contribution >= 4 is 41.6 Å². The van der Waals surface area contributed by atoms with E-state index in [0.717, 1.165) is 12.8 Å². The number of nitrogens with two attached hydrogens (primary N) is 1. The summed E-state index contributed by atoms with van der Waals surface area (Å²) in [6.45, 7) is 1.57. The summed E-state index contributed by atoms with van der Waals surface area (Å²) in [6, 6.07) is 4.75. The molecule has 4 N–H and O–H groups in total. The molecule has 2 aliphatic rings. The van der Waals surface area contributed by atoms with E-state index in [1.807, 2.05) is 0 Å².